The fourth-order valence-electron chi connectivity index (χ4n) is 1.89. The normalized spacial score (nSPS) is 21.3. The smallest absolute Gasteiger partial charge is 0.0433 e. The Bertz CT molecular complexity index is 137. The van der Waals surface area contributed by atoms with Crippen LogP contribution in [0.2, 0.25) is 0 Å². The van der Waals surface area contributed by atoms with E-state index in [-0.39, 0.29) is 0 Å². The Morgan fingerprint density at radius 3 is 2.50 bits per heavy atom. The molecule has 0 atom stereocenters. The lowest BCUT2D eigenvalue weighted by Crippen LogP contribution is -2.04. The summed E-state index contributed by atoms with van der Waals surface area (Å²) < 4.78 is 0. The Morgan fingerprint density at radius 2 is 2.00 bits per heavy atom. The molecule has 1 rings (SSSR count). The molecule has 0 spiro atoms. The number of halogens is 1. The van der Waals surface area contributed by atoms with E-state index in [4.69, 9.17) is 11.6 Å². The van der Waals surface area contributed by atoms with E-state index in [1.54, 1.807) is 0 Å². The van der Waals surface area contributed by atoms with Crippen molar-refractivity contribution in [1.82, 2.24) is 0 Å². The zero-order valence-corrected chi connectivity index (χ0v) is 8.74. The Labute approximate surface area is 81.0 Å². The molecule has 0 radical (unpaired) electrons. The van der Waals surface area contributed by atoms with Crippen LogP contribution >= 0.6 is 11.6 Å². The molecule has 1 aliphatic rings. The van der Waals surface area contributed by atoms with Crippen LogP contribution in [0.4, 0.5) is 0 Å². The topological polar surface area (TPSA) is 0 Å². The minimum absolute atomic E-state index is 0.729. The standard InChI is InChI=1S/C11H19Cl/c1-2-10(9-12)8-11-6-4-3-5-7-11/h8,11H,2-7,9H2,1H3. The maximum Gasteiger partial charge on any atom is 0.0433 e. The summed E-state index contributed by atoms with van der Waals surface area (Å²) in [5.74, 6) is 1.57. The second-order valence-corrected chi connectivity index (χ2v) is 3.98. The van der Waals surface area contributed by atoms with Crippen LogP contribution in [0, 0.1) is 5.92 Å². The fraction of sp³-hybridized carbons (Fsp3) is 0.818. The zero-order valence-electron chi connectivity index (χ0n) is 7.98. The molecule has 1 saturated carbocycles. The first kappa shape index (κ1) is 10.1. The van der Waals surface area contributed by atoms with Crippen molar-refractivity contribution >= 4 is 11.6 Å². The largest absolute Gasteiger partial charge is 0.122 e. The molecule has 1 heteroatoms. The number of rotatable bonds is 3. The van der Waals surface area contributed by atoms with E-state index in [0.29, 0.717) is 0 Å². The van der Waals surface area contributed by atoms with Crippen LogP contribution in [0.15, 0.2) is 11.6 Å². The minimum atomic E-state index is 0.729. The van der Waals surface area contributed by atoms with Gasteiger partial charge in [0.15, 0.2) is 0 Å². The average molecular weight is 187 g/mol. The van der Waals surface area contributed by atoms with Crippen LogP contribution in [-0.4, -0.2) is 5.88 Å². The predicted octanol–water partition coefficient (Wildman–Crippen LogP) is 4.14. The Morgan fingerprint density at radius 1 is 1.33 bits per heavy atom. The van der Waals surface area contributed by atoms with Crippen LogP contribution in [-0.2, 0) is 0 Å². The molecule has 1 aliphatic carbocycles. The third kappa shape index (κ3) is 3.18. The van der Waals surface area contributed by atoms with Gasteiger partial charge in [-0.25, -0.2) is 0 Å². The maximum absolute atomic E-state index is 5.82. The van der Waals surface area contributed by atoms with E-state index < -0.39 is 0 Å². The molecular formula is C11H19Cl. The van der Waals surface area contributed by atoms with Crippen molar-refractivity contribution in [2.24, 2.45) is 5.92 Å². The summed E-state index contributed by atoms with van der Waals surface area (Å²) in [6.45, 7) is 2.19. The third-order valence-electron chi connectivity index (χ3n) is 2.75. The van der Waals surface area contributed by atoms with Crippen LogP contribution in [0.3, 0.4) is 0 Å². The van der Waals surface area contributed by atoms with E-state index in [2.05, 4.69) is 13.0 Å². The SMILES string of the molecule is CCC(=CC1CCCCC1)CCl. The molecule has 0 aromatic carbocycles. The van der Waals surface area contributed by atoms with Crippen LogP contribution < -0.4 is 0 Å². The summed E-state index contributed by atoms with van der Waals surface area (Å²) in [6, 6.07) is 0. The van der Waals surface area contributed by atoms with Gasteiger partial charge >= 0.3 is 0 Å². The quantitative estimate of drug-likeness (QED) is 0.459. The van der Waals surface area contributed by atoms with E-state index in [9.17, 15) is 0 Å². The van der Waals surface area contributed by atoms with Gasteiger partial charge in [-0.2, -0.15) is 0 Å². The van der Waals surface area contributed by atoms with Crippen molar-refractivity contribution in [3.05, 3.63) is 11.6 Å². The van der Waals surface area contributed by atoms with Crippen molar-refractivity contribution in [3.63, 3.8) is 0 Å². The lowest BCUT2D eigenvalue weighted by molar-refractivity contribution is 0.417. The Balaban J connectivity index is 2.39. The minimum Gasteiger partial charge on any atom is -0.122 e. The summed E-state index contributed by atoms with van der Waals surface area (Å²) in [5, 5.41) is 0. The predicted molar refractivity (Wildman–Crippen MR) is 55.7 cm³/mol. The van der Waals surface area contributed by atoms with Gasteiger partial charge in [-0.3, -0.25) is 0 Å². The summed E-state index contributed by atoms with van der Waals surface area (Å²) in [7, 11) is 0. The van der Waals surface area contributed by atoms with Crippen molar-refractivity contribution in [1.29, 1.82) is 0 Å². The molecular weight excluding hydrogens is 168 g/mol. The van der Waals surface area contributed by atoms with Gasteiger partial charge in [0.2, 0.25) is 0 Å². The van der Waals surface area contributed by atoms with Crippen molar-refractivity contribution in [3.8, 4) is 0 Å². The summed E-state index contributed by atoms with van der Waals surface area (Å²) in [6.07, 6.45) is 10.6. The lowest BCUT2D eigenvalue weighted by atomic mass is 9.88. The second-order valence-electron chi connectivity index (χ2n) is 3.71. The molecule has 70 valence electrons. The molecule has 0 nitrogen and oxygen atoms in total. The van der Waals surface area contributed by atoms with E-state index in [1.807, 2.05) is 0 Å². The first-order valence-electron chi connectivity index (χ1n) is 5.12. The van der Waals surface area contributed by atoms with Gasteiger partial charge in [0.25, 0.3) is 0 Å². The molecule has 0 saturated heterocycles. The first-order valence-corrected chi connectivity index (χ1v) is 5.65. The third-order valence-corrected chi connectivity index (χ3v) is 3.09. The average Bonchev–Trinajstić information content (AvgIpc) is 2.16. The van der Waals surface area contributed by atoms with Gasteiger partial charge in [0, 0.05) is 5.88 Å². The Kier molecular flexibility index (Phi) is 4.75. The highest BCUT2D eigenvalue weighted by Crippen LogP contribution is 2.26. The zero-order chi connectivity index (χ0) is 8.81. The molecule has 0 aliphatic heterocycles. The summed E-state index contributed by atoms with van der Waals surface area (Å²) in [5.41, 5.74) is 1.43. The van der Waals surface area contributed by atoms with Crippen LogP contribution in [0.25, 0.3) is 0 Å². The van der Waals surface area contributed by atoms with E-state index >= 15 is 0 Å². The molecule has 0 aromatic rings. The molecule has 0 heterocycles. The maximum atomic E-state index is 5.82. The van der Waals surface area contributed by atoms with E-state index in [1.165, 1.54) is 37.7 Å². The molecule has 0 unspecified atom stereocenters. The Hall–Kier alpha value is 0.0300. The van der Waals surface area contributed by atoms with Crippen LogP contribution in [0.1, 0.15) is 45.4 Å². The highest BCUT2D eigenvalue weighted by Gasteiger charge is 2.10. The summed E-state index contributed by atoms with van der Waals surface area (Å²) >= 11 is 5.82. The highest BCUT2D eigenvalue weighted by molar-refractivity contribution is 6.19. The summed E-state index contributed by atoms with van der Waals surface area (Å²) in [4.78, 5) is 0. The number of hydrogen-bond acceptors (Lipinski definition) is 0. The number of allylic oxidation sites excluding steroid dienone is 2. The van der Waals surface area contributed by atoms with Crippen LogP contribution in [0.5, 0.6) is 0 Å². The van der Waals surface area contributed by atoms with Crippen molar-refractivity contribution < 1.29 is 0 Å². The molecule has 0 bridgehead atoms. The molecule has 12 heavy (non-hydrogen) atoms. The lowest BCUT2D eigenvalue weighted by Gasteiger charge is -2.19. The second kappa shape index (κ2) is 5.64. The van der Waals surface area contributed by atoms with Gasteiger partial charge in [0.05, 0.1) is 0 Å². The van der Waals surface area contributed by atoms with E-state index in [0.717, 1.165) is 18.2 Å². The molecule has 1 fully saturated rings. The molecule has 0 N–H and O–H groups in total. The van der Waals surface area contributed by atoms with Gasteiger partial charge in [-0.15, -0.1) is 11.6 Å². The van der Waals surface area contributed by atoms with Crippen molar-refractivity contribution in [2.75, 3.05) is 5.88 Å². The van der Waals surface area contributed by atoms with Gasteiger partial charge in [0.1, 0.15) is 0 Å². The number of alkyl halides is 1. The number of hydrogen-bond donors (Lipinski definition) is 0. The first-order chi connectivity index (χ1) is 5.86. The molecule has 0 aromatic heterocycles. The highest BCUT2D eigenvalue weighted by atomic mass is 35.5. The van der Waals surface area contributed by atoms with Gasteiger partial charge in [-0.05, 0) is 25.2 Å². The molecule has 0 amide bonds. The van der Waals surface area contributed by atoms with Gasteiger partial charge in [-0.1, -0.05) is 37.8 Å². The van der Waals surface area contributed by atoms with Gasteiger partial charge < -0.3 is 0 Å². The monoisotopic (exact) mass is 186 g/mol. The fourth-order valence-corrected chi connectivity index (χ4v) is 2.17. The van der Waals surface area contributed by atoms with Crippen molar-refractivity contribution in [2.45, 2.75) is 45.4 Å².